The Morgan fingerprint density at radius 2 is 1.67 bits per heavy atom. The number of benzene rings is 2. The molecule has 3 aromatic rings. The average molecular weight is 491 g/mol. The van der Waals surface area contributed by atoms with Gasteiger partial charge in [-0.05, 0) is 61.7 Å². The number of rotatable bonds is 10. The fourth-order valence-electron chi connectivity index (χ4n) is 3.76. The summed E-state index contributed by atoms with van der Waals surface area (Å²) in [6.07, 6.45) is 1.40. The van der Waals surface area contributed by atoms with Crippen molar-refractivity contribution >= 4 is 23.5 Å². The molecule has 1 heterocycles. The molecule has 0 fully saturated rings. The predicted octanol–water partition coefficient (Wildman–Crippen LogP) is 4.54. The fraction of sp³-hybridized carbons (Fsp3) is 0.286. The number of nitrogens with one attached hydrogen (secondary N) is 2. The van der Waals surface area contributed by atoms with Gasteiger partial charge in [0.1, 0.15) is 17.7 Å². The Kier molecular flexibility index (Phi) is 9.27. The van der Waals surface area contributed by atoms with Crippen LogP contribution < -0.4 is 10.6 Å². The van der Waals surface area contributed by atoms with Crippen LogP contribution in [0.1, 0.15) is 49.4 Å². The topological polar surface area (TPSA) is 91.4 Å². The Hall–Kier alpha value is -4.07. The molecule has 1 unspecified atom stereocenters. The highest BCUT2D eigenvalue weighted by molar-refractivity contribution is 5.94. The highest BCUT2D eigenvalue weighted by Gasteiger charge is 2.32. The molecule has 2 aromatic carbocycles. The van der Waals surface area contributed by atoms with Gasteiger partial charge in [0, 0.05) is 31.6 Å². The molecule has 7 nitrogen and oxygen atoms in total. The summed E-state index contributed by atoms with van der Waals surface area (Å²) in [5.41, 5.74) is 2.25. The van der Waals surface area contributed by atoms with E-state index >= 15 is 0 Å². The number of carbonyl (C=O) groups excluding carboxylic acids is 3. The highest BCUT2D eigenvalue weighted by Crippen LogP contribution is 2.26. The van der Waals surface area contributed by atoms with Crippen molar-refractivity contribution < 1.29 is 18.8 Å². The number of aryl methyl sites for hydroxylation is 1. The smallest absolute Gasteiger partial charge is 0.247 e. The first kappa shape index (κ1) is 26.5. The summed E-state index contributed by atoms with van der Waals surface area (Å²) in [6, 6.07) is 17.2. The van der Waals surface area contributed by atoms with Crippen LogP contribution >= 0.6 is 0 Å². The van der Waals surface area contributed by atoms with Crippen molar-refractivity contribution in [3.63, 3.8) is 0 Å². The zero-order valence-electron chi connectivity index (χ0n) is 20.7. The number of anilines is 1. The summed E-state index contributed by atoms with van der Waals surface area (Å²) in [4.78, 5) is 44.9. The largest absolute Gasteiger partial charge is 0.352 e. The van der Waals surface area contributed by atoms with E-state index in [4.69, 9.17) is 0 Å². The van der Waals surface area contributed by atoms with E-state index in [0.717, 1.165) is 11.1 Å². The quantitative estimate of drug-likeness (QED) is 0.436. The van der Waals surface area contributed by atoms with Crippen LogP contribution in [-0.4, -0.2) is 33.6 Å². The van der Waals surface area contributed by atoms with Gasteiger partial charge in [0.25, 0.3) is 0 Å². The molecule has 1 aromatic heterocycles. The molecule has 1 atom stereocenters. The SMILES string of the molecule is Cc1ccnc(NC(=O)CCC(=O)N(Cc2ccccc2)C(C(=O)NC(C)C)c2ccc(F)cc2)c1. The Bertz CT molecular complexity index is 1180. The highest BCUT2D eigenvalue weighted by atomic mass is 19.1. The lowest BCUT2D eigenvalue weighted by Crippen LogP contribution is -2.45. The molecule has 0 radical (unpaired) electrons. The monoisotopic (exact) mass is 490 g/mol. The molecule has 2 N–H and O–H groups in total. The van der Waals surface area contributed by atoms with Gasteiger partial charge in [-0.25, -0.2) is 9.37 Å². The number of aromatic nitrogens is 1. The van der Waals surface area contributed by atoms with Crippen molar-refractivity contribution in [3.05, 3.63) is 95.4 Å². The number of nitrogens with zero attached hydrogens (tertiary/aromatic N) is 2. The molecule has 0 aliphatic rings. The van der Waals surface area contributed by atoms with Crippen molar-refractivity contribution in [2.45, 2.75) is 52.2 Å². The van der Waals surface area contributed by atoms with Gasteiger partial charge >= 0.3 is 0 Å². The summed E-state index contributed by atoms with van der Waals surface area (Å²) in [7, 11) is 0. The van der Waals surface area contributed by atoms with Crippen molar-refractivity contribution in [3.8, 4) is 0 Å². The molecule has 3 amide bonds. The zero-order chi connectivity index (χ0) is 26.1. The van der Waals surface area contributed by atoms with Crippen LogP contribution in [0.2, 0.25) is 0 Å². The van der Waals surface area contributed by atoms with Crippen molar-refractivity contribution in [2.24, 2.45) is 0 Å². The van der Waals surface area contributed by atoms with Crippen molar-refractivity contribution in [1.82, 2.24) is 15.2 Å². The van der Waals surface area contributed by atoms with Gasteiger partial charge < -0.3 is 15.5 Å². The van der Waals surface area contributed by atoms with Gasteiger partial charge in [-0.15, -0.1) is 0 Å². The standard InChI is InChI=1S/C28H31FN4O3/c1-19(2)31-28(36)27(22-9-11-23(29)12-10-22)33(18-21-7-5-4-6-8-21)26(35)14-13-25(34)32-24-17-20(3)15-16-30-24/h4-12,15-17,19,27H,13-14,18H2,1-3H3,(H,31,36)(H,30,32,34). The van der Waals surface area contributed by atoms with Crippen LogP contribution in [0, 0.1) is 12.7 Å². The summed E-state index contributed by atoms with van der Waals surface area (Å²) < 4.78 is 13.7. The van der Waals surface area contributed by atoms with Gasteiger partial charge in [0.05, 0.1) is 0 Å². The molecule has 0 spiro atoms. The van der Waals surface area contributed by atoms with E-state index in [-0.39, 0.29) is 43.1 Å². The predicted molar refractivity (Wildman–Crippen MR) is 136 cm³/mol. The lowest BCUT2D eigenvalue weighted by molar-refractivity contribution is -0.142. The molecule has 0 aliphatic heterocycles. The molecular formula is C28H31FN4O3. The van der Waals surface area contributed by atoms with Crippen molar-refractivity contribution in [1.29, 1.82) is 0 Å². The Morgan fingerprint density at radius 1 is 0.972 bits per heavy atom. The second-order valence-corrected chi connectivity index (χ2v) is 8.89. The summed E-state index contributed by atoms with van der Waals surface area (Å²) in [5, 5.41) is 5.57. The fourth-order valence-corrected chi connectivity index (χ4v) is 3.76. The van der Waals surface area contributed by atoms with E-state index in [0.29, 0.717) is 11.4 Å². The minimum absolute atomic E-state index is 0.0817. The second-order valence-electron chi connectivity index (χ2n) is 8.89. The van der Waals surface area contributed by atoms with Crippen LogP contribution in [-0.2, 0) is 20.9 Å². The molecule has 188 valence electrons. The Labute approximate surface area is 210 Å². The minimum Gasteiger partial charge on any atom is -0.352 e. The summed E-state index contributed by atoms with van der Waals surface area (Å²) >= 11 is 0. The number of hydrogen-bond acceptors (Lipinski definition) is 4. The van der Waals surface area contributed by atoms with Gasteiger partial charge in [0.15, 0.2) is 0 Å². The maximum absolute atomic E-state index is 13.7. The summed E-state index contributed by atoms with van der Waals surface area (Å²) in [6.45, 7) is 5.69. The average Bonchev–Trinajstić information content (AvgIpc) is 2.83. The number of amides is 3. The molecule has 8 heteroatoms. The second kappa shape index (κ2) is 12.6. The van der Waals surface area contributed by atoms with Gasteiger partial charge in [0.2, 0.25) is 17.7 Å². The lowest BCUT2D eigenvalue weighted by atomic mass is 10.0. The zero-order valence-corrected chi connectivity index (χ0v) is 20.7. The summed E-state index contributed by atoms with van der Waals surface area (Å²) in [5.74, 6) is -1.14. The molecule has 36 heavy (non-hydrogen) atoms. The van der Waals surface area contributed by atoms with Crippen LogP contribution in [0.3, 0.4) is 0 Å². The molecule has 0 saturated carbocycles. The maximum atomic E-state index is 13.7. The number of halogens is 1. The first-order chi connectivity index (χ1) is 17.2. The maximum Gasteiger partial charge on any atom is 0.247 e. The van der Waals surface area contributed by atoms with Gasteiger partial charge in [-0.1, -0.05) is 42.5 Å². The van der Waals surface area contributed by atoms with Crippen LogP contribution in [0.4, 0.5) is 10.2 Å². The van der Waals surface area contributed by atoms with E-state index in [1.807, 2.05) is 57.2 Å². The van der Waals surface area contributed by atoms with E-state index in [2.05, 4.69) is 15.6 Å². The Balaban J connectivity index is 1.85. The van der Waals surface area contributed by atoms with E-state index in [1.54, 1.807) is 12.3 Å². The van der Waals surface area contributed by atoms with Gasteiger partial charge in [-0.2, -0.15) is 0 Å². The minimum atomic E-state index is -0.998. The normalized spacial score (nSPS) is 11.6. The van der Waals surface area contributed by atoms with Crippen molar-refractivity contribution in [2.75, 3.05) is 5.32 Å². The number of hydrogen-bond donors (Lipinski definition) is 2. The Morgan fingerprint density at radius 3 is 2.31 bits per heavy atom. The molecular weight excluding hydrogens is 459 g/mol. The number of carbonyl (C=O) groups is 3. The molecule has 0 saturated heterocycles. The van der Waals surface area contributed by atoms with Crippen LogP contribution in [0.25, 0.3) is 0 Å². The third-order valence-corrected chi connectivity index (χ3v) is 5.44. The van der Waals surface area contributed by atoms with Gasteiger partial charge in [-0.3, -0.25) is 14.4 Å². The molecule has 3 rings (SSSR count). The first-order valence-electron chi connectivity index (χ1n) is 11.8. The third kappa shape index (κ3) is 7.73. The molecule has 0 aliphatic carbocycles. The lowest BCUT2D eigenvalue weighted by Gasteiger charge is -2.32. The van der Waals surface area contributed by atoms with E-state index in [9.17, 15) is 18.8 Å². The van der Waals surface area contributed by atoms with Crippen LogP contribution in [0.5, 0.6) is 0 Å². The molecule has 0 bridgehead atoms. The van der Waals surface area contributed by atoms with E-state index in [1.165, 1.54) is 29.2 Å². The van der Waals surface area contributed by atoms with E-state index < -0.39 is 11.9 Å². The number of pyridine rings is 1. The van der Waals surface area contributed by atoms with Crippen LogP contribution in [0.15, 0.2) is 72.9 Å². The third-order valence-electron chi connectivity index (χ3n) is 5.44. The first-order valence-corrected chi connectivity index (χ1v) is 11.8.